The zero-order chi connectivity index (χ0) is 16.7. The van der Waals surface area contributed by atoms with E-state index in [-0.39, 0.29) is 5.56 Å². The molecule has 0 amide bonds. The molecule has 2 unspecified atom stereocenters. The monoisotopic (exact) mass is 331 g/mol. The van der Waals surface area contributed by atoms with Gasteiger partial charge in [-0.15, -0.1) is 11.8 Å². The van der Waals surface area contributed by atoms with E-state index in [9.17, 15) is 9.90 Å². The summed E-state index contributed by atoms with van der Waals surface area (Å²) in [4.78, 5) is 10.2. The largest absolute Gasteiger partial charge is 0.872 e. The molecule has 0 saturated carbocycles. The number of rotatable bonds is 2. The lowest BCUT2D eigenvalue weighted by Gasteiger charge is -2.26. The van der Waals surface area contributed by atoms with E-state index < -0.39 is 11.7 Å². The number of carboxylic acids is 1. The van der Waals surface area contributed by atoms with E-state index in [2.05, 4.69) is 54.3 Å². The molecular weight excluding hydrogens is 310 g/mol. The molecule has 4 nitrogen and oxygen atoms in total. The van der Waals surface area contributed by atoms with Gasteiger partial charge in [0.2, 0.25) is 0 Å². The lowest BCUT2D eigenvalue weighted by atomic mass is 10.1. The second kappa shape index (κ2) is 8.60. The molecule has 122 valence electrons. The Balaban J connectivity index is 0.000000174. The lowest BCUT2D eigenvalue weighted by molar-refractivity contribution is -0.684. The molecule has 2 aromatic rings. The van der Waals surface area contributed by atoms with Crippen LogP contribution < -0.4 is 10.4 Å². The summed E-state index contributed by atoms with van der Waals surface area (Å²) >= 11 is 2.09. The number of para-hydroxylation sites is 1. The normalized spacial score (nSPS) is 20.2. The van der Waals surface area contributed by atoms with Crippen molar-refractivity contribution in [1.29, 1.82) is 0 Å². The Labute approximate surface area is 140 Å². The number of nitrogens with two attached hydrogens (primary N) is 1. The minimum Gasteiger partial charge on any atom is -0.872 e. The maximum absolute atomic E-state index is 10.7. The fourth-order valence-corrected chi connectivity index (χ4v) is 3.78. The molecule has 1 aliphatic heterocycles. The van der Waals surface area contributed by atoms with Crippen LogP contribution in [0.25, 0.3) is 0 Å². The maximum atomic E-state index is 10.7. The smallest absolute Gasteiger partial charge is 0.335 e. The van der Waals surface area contributed by atoms with Crippen LogP contribution in [-0.2, 0) is 0 Å². The molecule has 23 heavy (non-hydrogen) atoms. The topological polar surface area (TPSA) is 77.0 Å². The third kappa shape index (κ3) is 5.01. The average molecular weight is 331 g/mol. The number of hydrogen-bond acceptors (Lipinski definition) is 3. The van der Waals surface area contributed by atoms with Gasteiger partial charge >= 0.3 is 5.97 Å². The van der Waals surface area contributed by atoms with E-state index in [4.69, 9.17) is 5.11 Å². The Bertz CT molecular complexity index is 633. The summed E-state index contributed by atoms with van der Waals surface area (Å²) in [6, 6.07) is 17.1. The Morgan fingerprint density at radius 1 is 1.17 bits per heavy atom. The predicted octanol–water partition coefficient (Wildman–Crippen LogP) is 1.88. The van der Waals surface area contributed by atoms with Crippen molar-refractivity contribution in [3.8, 4) is 5.75 Å². The van der Waals surface area contributed by atoms with Crippen molar-refractivity contribution < 1.29 is 20.3 Å². The number of hydrogen-bond donors (Lipinski definition) is 2. The Morgan fingerprint density at radius 2 is 1.83 bits per heavy atom. The molecule has 5 heteroatoms. The average Bonchev–Trinajstić information content (AvgIpc) is 2.57. The quantitative estimate of drug-likeness (QED) is 0.881. The second-order valence-corrected chi connectivity index (χ2v) is 6.64. The van der Waals surface area contributed by atoms with Crippen LogP contribution in [0.15, 0.2) is 54.6 Å². The molecule has 0 bridgehead atoms. The highest BCUT2D eigenvalue weighted by Crippen LogP contribution is 2.31. The van der Waals surface area contributed by atoms with Crippen LogP contribution in [0.5, 0.6) is 5.75 Å². The summed E-state index contributed by atoms with van der Waals surface area (Å²) < 4.78 is 0. The number of benzene rings is 2. The summed E-state index contributed by atoms with van der Waals surface area (Å²) in [6.07, 6.45) is 0. The summed E-state index contributed by atoms with van der Waals surface area (Å²) in [7, 11) is 0. The molecular formula is C18H21NO3S. The van der Waals surface area contributed by atoms with Gasteiger partial charge in [0, 0.05) is 5.75 Å². The van der Waals surface area contributed by atoms with Crippen molar-refractivity contribution in [2.45, 2.75) is 18.2 Å². The molecule has 0 spiro atoms. The first-order chi connectivity index (χ1) is 11.1. The second-order valence-electron chi connectivity index (χ2n) is 5.39. The molecule has 1 saturated heterocycles. The van der Waals surface area contributed by atoms with Gasteiger partial charge in [0.25, 0.3) is 0 Å². The first-order valence-electron chi connectivity index (χ1n) is 7.59. The van der Waals surface area contributed by atoms with Gasteiger partial charge in [-0.25, -0.2) is 4.79 Å². The molecule has 3 N–H and O–H groups in total. The Hall–Kier alpha value is -1.98. The van der Waals surface area contributed by atoms with Gasteiger partial charge < -0.3 is 15.5 Å². The molecule has 1 aliphatic rings. The number of carboxylic acid groups (broad SMARTS) is 1. The van der Waals surface area contributed by atoms with E-state index in [1.54, 1.807) is 0 Å². The third-order valence-electron chi connectivity index (χ3n) is 3.68. The van der Waals surface area contributed by atoms with E-state index in [1.807, 2.05) is 0 Å². The van der Waals surface area contributed by atoms with Crippen molar-refractivity contribution in [3.05, 3.63) is 65.7 Å². The minimum absolute atomic E-state index is 0.178. The van der Waals surface area contributed by atoms with Gasteiger partial charge in [0.15, 0.2) is 0 Å². The Kier molecular flexibility index (Phi) is 6.50. The number of carbonyl (C=O) groups is 1. The molecule has 0 aromatic heterocycles. The SMILES string of the molecule is CC1[NH2+]CCSC1c1ccccc1.O=C(O)c1ccccc1[O-]. The summed E-state index contributed by atoms with van der Waals surface area (Å²) in [5.74, 6) is -0.343. The number of aromatic carboxylic acids is 1. The van der Waals surface area contributed by atoms with Crippen LogP contribution in [0.1, 0.15) is 28.1 Å². The zero-order valence-electron chi connectivity index (χ0n) is 13.0. The van der Waals surface area contributed by atoms with Gasteiger partial charge in [-0.3, -0.25) is 0 Å². The van der Waals surface area contributed by atoms with Crippen molar-refractivity contribution in [1.82, 2.24) is 0 Å². The van der Waals surface area contributed by atoms with Crippen LogP contribution in [0.3, 0.4) is 0 Å². The van der Waals surface area contributed by atoms with E-state index in [0.717, 1.165) is 6.04 Å². The highest BCUT2D eigenvalue weighted by Gasteiger charge is 2.25. The van der Waals surface area contributed by atoms with Gasteiger partial charge in [-0.05, 0) is 18.6 Å². The summed E-state index contributed by atoms with van der Waals surface area (Å²) in [5.41, 5.74) is 1.30. The van der Waals surface area contributed by atoms with E-state index in [0.29, 0.717) is 5.25 Å². The molecule has 2 atom stereocenters. The first kappa shape index (κ1) is 17.4. The third-order valence-corrected chi connectivity index (χ3v) is 5.21. The van der Waals surface area contributed by atoms with Crippen LogP contribution in [-0.4, -0.2) is 29.4 Å². The van der Waals surface area contributed by atoms with Gasteiger partial charge in [0.1, 0.15) is 0 Å². The molecule has 3 rings (SSSR count). The van der Waals surface area contributed by atoms with Crippen LogP contribution in [0, 0.1) is 0 Å². The summed E-state index contributed by atoms with van der Waals surface area (Å²) in [6.45, 7) is 3.60. The van der Waals surface area contributed by atoms with Crippen molar-refractivity contribution >= 4 is 17.7 Å². The lowest BCUT2D eigenvalue weighted by Crippen LogP contribution is -2.92. The van der Waals surface area contributed by atoms with Crippen LogP contribution in [0.4, 0.5) is 0 Å². The number of quaternary nitrogens is 1. The van der Waals surface area contributed by atoms with Gasteiger partial charge in [-0.1, -0.05) is 54.3 Å². The van der Waals surface area contributed by atoms with E-state index >= 15 is 0 Å². The zero-order valence-corrected chi connectivity index (χ0v) is 13.8. The molecule has 1 fully saturated rings. The van der Waals surface area contributed by atoms with Gasteiger partial charge in [-0.2, -0.15) is 0 Å². The standard InChI is InChI=1S/C11H15NS.C7H6O3/c1-9-11(13-8-7-12-9)10-5-3-2-4-6-10;8-6-4-2-1-3-5(6)7(9)10/h2-6,9,11-12H,7-8H2,1H3;1-4,8H,(H,9,10). The Morgan fingerprint density at radius 3 is 2.39 bits per heavy atom. The molecule has 2 aromatic carbocycles. The van der Waals surface area contributed by atoms with Gasteiger partial charge in [0.05, 0.1) is 23.4 Å². The maximum Gasteiger partial charge on any atom is 0.335 e. The number of thioether (sulfide) groups is 1. The fraction of sp³-hybridized carbons (Fsp3) is 0.278. The highest BCUT2D eigenvalue weighted by atomic mass is 32.2. The molecule has 0 aliphatic carbocycles. The minimum atomic E-state index is -1.18. The predicted molar refractivity (Wildman–Crippen MR) is 90.7 cm³/mol. The molecule has 0 radical (unpaired) electrons. The van der Waals surface area contributed by atoms with Crippen molar-refractivity contribution in [3.63, 3.8) is 0 Å². The summed E-state index contributed by atoms with van der Waals surface area (Å²) in [5, 5.41) is 22.2. The van der Waals surface area contributed by atoms with Crippen LogP contribution in [0.2, 0.25) is 0 Å². The van der Waals surface area contributed by atoms with Crippen molar-refractivity contribution in [2.24, 2.45) is 0 Å². The van der Waals surface area contributed by atoms with E-state index in [1.165, 1.54) is 42.1 Å². The highest BCUT2D eigenvalue weighted by molar-refractivity contribution is 7.99. The first-order valence-corrected chi connectivity index (χ1v) is 8.63. The van der Waals surface area contributed by atoms with Crippen LogP contribution >= 0.6 is 11.8 Å². The van der Waals surface area contributed by atoms with Crippen molar-refractivity contribution in [2.75, 3.05) is 12.3 Å². The fourth-order valence-electron chi connectivity index (χ4n) is 2.49. The molecule has 1 heterocycles.